The van der Waals surface area contributed by atoms with Gasteiger partial charge in [-0.3, -0.25) is 0 Å². The van der Waals surface area contributed by atoms with Gasteiger partial charge in [0.2, 0.25) is 0 Å². The summed E-state index contributed by atoms with van der Waals surface area (Å²) in [7, 11) is 0. The van der Waals surface area contributed by atoms with E-state index in [4.69, 9.17) is 5.11 Å². The van der Waals surface area contributed by atoms with E-state index in [0.29, 0.717) is 5.76 Å². The van der Waals surface area contributed by atoms with Gasteiger partial charge in [0.05, 0.1) is 0 Å². The van der Waals surface area contributed by atoms with E-state index in [0.717, 1.165) is 5.57 Å². The summed E-state index contributed by atoms with van der Waals surface area (Å²) < 4.78 is 0. The Morgan fingerprint density at radius 1 is 1.25 bits per heavy atom. The first-order valence-electron chi connectivity index (χ1n) is 2.71. The molecule has 0 atom stereocenters. The normalized spacial score (nSPS) is 14.4. The molecular formula is C7H12O. The van der Waals surface area contributed by atoms with E-state index in [2.05, 4.69) is 0 Å². The van der Waals surface area contributed by atoms with Crippen LogP contribution in [0.1, 0.15) is 20.8 Å². The summed E-state index contributed by atoms with van der Waals surface area (Å²) in [4.78, 5) is 0. The SMILES string of the molecule is C/C=C(C)\C(O)=C/C. The van der Waals surface area contributed by atoms with Crippen molar-refractivity contribution in [2.24, 2.45) is 0 Å². The molecule has 0 aliphatic rings. The molecule has 46 valence electrons. The van der Waals surface area contributed by atoms with Gasteiger partial charge in [-0.05, 0) is 32.4 Å². The van der Waals surface area contributed by atoms with Crippen LogP contribution < -0.4 is 0 Å². The van der Waals surface area contributed by atoms with Crippen molar-refractivity contribution in [2.45, 2.75) is 20.8 Å². The average Bonchev–Trinajstić information content (AvgIpc) is 1.84. The Kier molecular flexibility index (Phi) is 3.01. The minimum atomic E-state index is 0.368. The van der Waals surface area contributed by atoms with Crippen molar-refractivity contribution in [2.75, 3.05) is 0 Å². The molecule has 0 rings (SSSR count). The maximum absolute atomic E-state index is 8.92. The summed E-state index contributed by atoms with van der Waals surface area (Å²) in [6.07, 6.45) is 3.55. The highest BCUT2D eigenvalue weighted by Gasteiger charge is 1.88. The summed E-state index contributed by atoms with van der Waals surface area (Å²) in [5.41, 5.74) is 0.924. The van der Waals surface area contributed by atoms with Crippen molar-refractivity contribution in [3.8, 4) is 0 Å². The van der Waals surface area contributed by atoms with Crippen LogP contribution in [0.3, 0.4) is 0 Å². The van der Waals surface area contributed by atoms with Gasteiger partial charge in [0, 0.05) is 0 Å². The van der Waals surface area contributed by atoms with Crippen LogP contribution in [-0.2, 0) is 0 Å². The number of aliphatic hydroxyl groups is 1. The molecule has 0 aliphatic carbocycles. The Morgan fingerprint density at radius 2 is 1.75 bits per heavy atom. The monoisotopic (exact) mass is 112 g/mol. The number of hydrogen-bond acceptors (Lipinski definition) is 1. The van der Waals surface area contributed by atoms with Crippen LogP contribution in [0.4, 0.5) is 0 Å². The molecule has 0 unspecified atom stereocenters. The molecule has 0 radical (unpaired) electrons. The van der Waals surface area contributed by atoms with Crippen LogP contribution >= 0.6 is 0 Å². The molecule has 8 heavy (non-hydrogen) atoms. The maximum Gasteiger partial charge on any atom is 0.113 e. The smallest absolute Gasteiger partial charge is 0.113 e. The molecule has 0 aromatic heterocycles. The van der Waals surface area contributed by atoms with Gasteiger partial charge in [0.1, 0.15) is 5.76 Å². The molecule has 0 spiro atoms. The Hall–Kier alpha value is -0.720. The van der Waals surface area contributed by atoms with Gasteiger partial charge in [-0.15, -0.1) is 0 Å². The maximum atomic E-state index is 8.92. The van der Waals surface area contributed by atoms with Crippen LogP contribution in [0.5, 0.6) is 0 Å². The Bertz CT molecular complexity index is 104. The lowest BCUT2D eigenvalue weighted by Gasteiger charge is -1.93. The summed E-state index contributed by atoms with van der Waals surface area (Å²) in [5.74, 6) is 0.368. The standard InChI is InChI=1S/C7H12O/c1-4-6(3)7(8)5-2/h4-5,8H,1-3H3/b6-4-,7-5+. The highest BCUT2D eigenvalue weighted by Crippen LogP contribution is 2.02. The van der Waals surface area contributed by atoms with Gasteiger partial charge in [0.15, 0.2) is 0 Å². The molecule has 0 saturated carbocycles. The summed E-state index contributed by atoms with van der Waals surface area (Å²) >= 11 is 0. The van der Waals surface area contributed by atoms with Crippen molar-refractivity contribution in [3.63, 3.8) is 0 Å². The number of allylic oxidation sites excluding steroid dienone is 3. The molecule has 0 aliphatic heterocycles. The minimum Gasteiger partial charge on any atom is -0.508 e. The number of rotatable bonds is 1. The first kappa shape index (κ1) is 7.28. The third kappa shape index (κ3) is 1.82. The van der Waals surface area contributed by atoms with Crippen LogP contribution in [0, 0.1) is 0 Å². The zero-order valence-electron chi connectivity index (χ0n) is 5.60. The summed E-state index contributed by atoms with van der Waals surface area (Å²) in [5, 5.41) is 8.92. The fourth-order valence-electron chi connectivity index (χ4n) is 0.376. The third-order valence-electron chi connectivity index (χ3n) is 1.11. The van der Waals surface area contributed by atoms with Crippen molar-refractivity contribution in [1.82, 2.24) is 0 Å². The lowest BCUT2D eigenvalue weighted by atomic mass is 10.2. The molecule has 0 amide bonds. The fraction of sp³-hybridized carbons (Fsp3) is 0.429. The van der Waals surface area contributed by atoms with Crippen molar-refractivity contribution in [1.29, 1.82) is 0 Å². The molecule has 1 heteroatoms. The van der Waals surface area contributed by atoms with Crippen LogP contribution in [-0.4, -0.2) is 5.11 Å². The molecule has 0 aromatic carbocycles. The van der Waals surface area contributed by atoms with Crippen LogP contribution in [0.25, 0.3) is 0 Å². The molecule has 1 N–H and O–H groups in total. The van der Waals surface area contributed by atoms with E-state index >= 15 is 0 Å². The van der Waals surface area contributed by atoms with Gasteiger partial charge in [-0.25, -0.2) is 0 Å². The minimum absolute atomic E-state index is 0.368. The predicted octanol–water partition coefficient (Wildman–Crippen LogP) is 2.41. The van der Waals surface area contributed by atoms with Gasteiger partial charge in [-0.1, -0.05) is 6.08 Å². The average molecular weight is 112 g/mol. The molecule has 0 saturated heterocycles. The van der Waals surface area contributed by atoms with E-state index in [-0.39, 0.29) is 0 Å². The molecule has 0 fully saturated rings. The van der Waals surface area contributed by atoms with E-state index in [1.54, 1.807) is 6.08 Å². The molecule has 0 bridgehead atoms. The lowest BCUT2D eigenvalue weighted by Crippen LogP contribution is -1.79. The van der Waals surface area contributed by atoms with E-state index < -0.39 is 0 Å². The van der Waals surface area contributed by atoms with Crippen molar-refractivity contribution < 1.29 is 5.11 Å². The van der Waals surface area contributed by atoms with Crippen LogP contribution in [0.15, 0.2) is 23.5 Å². The van der Waals surface area contributed by atoms with Crippen molar-refractivity contribution in [3.05, 3.63) is 23.5 Å². The zero-order chi connectivity index (χ0) is 6.57. The summed E-state index contributed by atoms with van der Waals surface area (Å²) in [6, 6.07) is 0. The predicted molar refractivity (Wildman–Crippen MR) is 35.8 cm³/mol. The second kappa shape index (κ2) is 3.30. The van der Waals surface area contributed by atoms with E-state index in [1.807, 2.05) is 26.8 Å². The van der Waals surface area contributed by atoms with Crippen molar-refractivity contribution >= 4 is 0 Å². The summed E-state index contributed by atoms with van der Waals surface area (Å²) in [6.45, 7) is 5.58. The van der Waals surface area contributed by atoms with Gasteiger partial charge < -0.3 is 5.11 Å². The first-order chi connectivity index (χ1) is 3.72. The Morgan fingerprint density at radius 3 is 1.88 bits per heavy atom. The lowest BCUT2D eigenvalue weighted by molar-refractivity contribution is 0.422. The molecule has 0 aromatic rings. The third-order valence-corrected chi connectivity index (χ3v) is 1.11. The second-order valence-electron chi connectivity index (χ2n) is 1.65. The fourth-order valence-corrected chi connectivity index (χ4v) is 0.376. The highest BCUT2D eigenvalue weighted by atomic mass is 16.3. The quantitative estimate of drug-likeness (QED) is 0.408. The Balaban J connectivity index is 4.04. The molecule has 1 nitrogen and oxygen atoms in total. The second-order valence-corrected chi connectivity index (χ2v) is 1.65. The van der Waals surface area contributed by atoms with E-state index in [9.17, 15) is 0 Å². The van der Waals surface area contributed by atoms with Gasteiger partial charge in [-0.2, -0.15) is 0 Å². The number of hydrogen-bond donors (Lipinski definition) is 1. The highest BCUT2D eigenvalue weighted by molar-refractivity contribution is 5.20. The van der Waals surface area contributed by atoms with Gasteiger partial charge in [0.25, 0.3) is 0 Å². The molecular weight excluding hydrogens is 100 g/mol. The topological polar surface area (TPSA) is 20.2 Å². The van der Waals surface area contributed by atoms with Crippen LogP contribution in [0.2, 0.25) is 0 Å². The number of aliphatic hydroxyl groups excluding tert-OH is 1. The molecule has 0 heterocycles. The van der Waals surface area contributed by atoms with E-state index in [1.165, 1.54) is 0 Å². The zero-order valence-corrected chi connectivity index (χ0v) is 5.60. The largest absolute Gasteiger partial charge is 0.508 e. The first-order valence-corrected chi connectivity index (χ1v) is 2.71. The van der Waals surface area contributed by atoms with Gasteiger partial charge >= 0.3 is 0 Å². The Labute approximate surface area is 50.3 Å².